The highest BCUT2D eigenvalue weighted by atomic mass is 19.4. The van der Waals surface area contributed by atoms with E-state index in [2.05, 4.69) is 5.32 Å². The normalized spacial score (nSPS) is 17.1. The van der Waals surface area contributed by atoms with Crippen molar-refractivity contribution in [2.75, 3.05) is 11.9 Å². The molecule has 1 amide bonds. The number of rotatable bonds is 5. The highest BCUT2D eigenvalue weighted by molar-refractivity contribution is 5.86. The topological polar surface area (TPSA) is 75.5 Å². The van der Waals surface area contributed by atoms with Gasteiger partial charge in [0, 0.05) is 24.8 Å². The number of amides is 1. The lowest BCUT2D eigenvalue weighted by molar-refractivity contribution is -0.388. The molecule has 3 rings (SSSR count). The zero-order valence-electron chi connectivity index (χ0n) is 14.4. The Labute approximate surface area is 156 Å². The van der Waals surface area contributed by atoms with Crippen LogP contribution in [0.1, 0.15) is 17.5 Å². The molecule has 28 heavy (non-hydrogen) atoms. The summed E-state index contributed by atoms with van der Waals surface area (Å²) < 4.78 is 52.2. The predicted octanol–water partition coefficient (Wildman–Crippen LogP) is 3.97. The van der Waals surface area contributed by atoms with Crippen LogP contribution in [0.4, 0.5) is 28.9 Å². The summed E-state index contributed by atoms with van der Waals surface area (Å²) >= 11 is 0. The van der Waals surface area contributed by atoms with Crippen LogP contribution in [0.15, 0.2) is 42.5 Å². The van der Waals surface area contributed by atoms with E-state index in [1.807, 2.05) is 0 Å². The number of alkyl halides is 3. The molecule has 1 heterocycles. The molecule has 2 aromatic rings. The molecule has 1 fully saturated rings. The van der Waals surface area contributed by atoms with Crippen molar-refractivity contribution in [3.8, 4) is 0 Å². The number of hydrogen-bond donors (Lipinski definition) is 1. The first-order valence-corrected chi connectivity index (χ1v) is 8.30. The van der Waals surface area contributed by atoms with E-state index in [9.17, 15) is 32.5 Å². The third kappa shape index (κ3) is 4.21. The number of nitrogens with one attached hydrogen (secondary N) is 1. The number of carbonyl (C=O) groups is 1. The summed E-state index contributed by atoms with van der Waals surface area (Å²) in [7, 11) is 0. The number of likely N-dealkylation sites (tertiary alicyclic amines) is 1. The molecular formula is C18H15F4N3O3. The van der Waals surface area contributed by atoms with E-state index in [1.165, 1.54) is 17.0 Å². The Morgan fingerprint density at radius 3 is 2.46 bits per heavy atom. The van der Waals surface area contributed by atoms with E-state index in [-0.39, 0.29) is 18.1 Å². The Balaban J connectivity index is 1.73. The molecule has 6 nitrogen and oxygen atoms in total. The highest BCUT2D eigenvalue weighted by Gasteiger charge is 2.39. The number of nitro groups is 1. The minimum atomic E-state index is -4.89. The summed E-state index contributed by atoms with van der Waals surface area (Å²) in [6, 6.07) is 7.45. The number of benzene rings is 2. The quantitative estimate of drug-likeness (QED) is 0.471. The Bertz CT molecular complexity index is 900. The van der Waals surface area contributed by atoms with Gasteiger partial charge in [0.25, 0.3) is 5.69 Å². The van der Waals surface area contributed by atoms with Crippen molar-refractivity contribution < 1.29 is 27.3 Å². The van der Waals surface area contributed by atoms with Crippen molar-refractivity contribution in [2.24, 2.45) is 0 Å². The number of anilines is 1. The summed E-state index contributed by atoms with van der Waals surface area (Å²) in [6.07, 6.45) is -4.53. The van der Waals surface area contributed by atoms with Crippen LogP contribution < -0.4 is 5.32 Å². The fraction of sp³-hybridized carbons (Fsp3) is 0.278. The maximum atomic E-state index is 13.1. The third-order valence-electron chi connectivity index (χ3n) is 4.42. The second-order valence-electron chi connectivity index (χ2n) is 6.36. The average Bonchev–Trinajstić information content (AvgIpc) is 2.96. The molecule has 0 saturated carbocycles. The largest absolute Gasteiger partial charge is 0.423 e. The van der Waals surface area contributed by atoms with Gasteiger partial charge in [0.15, 0.2) is 0 Å². The number of carbonyl (C=O) groups excluding carboxylic acids is 1. The first-order valence-electron chi connectivity index (χ1n) is 8.30. The summed E-state index contributed by atoms with van der Waals surface area (Å²) in [6.45, 7) is 0.637. The zero-order chi connectivity index (χ0) is 20.5. The molecule has 1 unspecified atom stereocenters. The molecule has 2 aromatic carbocycles. The third-order valence-corrected chi connectivity index (χ3v) is 4.42. The van der Waals surface area contributed by atoms with E-state index < -0.39 is 34.2 Å². The fourth-order valence-corrected chi connectivity index (χ4v) is 3.05. The van der Waals surface area contributed by atoms with Crippen LogP contribution in [0.3, 0.4) is 0 Å². The predicted molar refractivity (Wildman–Crippen MR) is 91.9 cm³/mol. The van der Waals surface area contributed by atoms with Crippen LogP contribution in [0.2, 0.25) is 0 Å². The van der Waals surface area contributed by atoms with Crippen molar-refractivity contribution in [2.45, 2.75) is 25.2 Å². The lowest BCUT2D eigenvalue weighted by Gasteiger charge is -2.18. The van der Waals surface area contributed by atoms with Crippen LogP contribution >= 0.6 is 0 Å². The molecule has 1 aliphatic heterocycles. The van der Waals surface area contributed by atoms with Gasteiger partial charge in [0.05, 0.1) is 4.92 Å². The standard InChI is InChI=1S/C18H15F4N3O3/c19-12-3-1-11(2-4-12)10-24-8-7-15(17(24)26)23-13-5-6-16(25(27)28)14(9-13)18(20,21)22/h1-6,9,15,23H,7-8,10H2. The average molecular weight is 397 g/mol. The number of hydrogen-bond acceptors (Lipinski definition) is 4. The molecule has 0 aromatic heterocycles. The van der Waals surface area contributed by atoms with E-state index in [0.29, 0.717) is 19.0 Å². The molecule has 1 N–H and O–H groups in total. The Morgan fingerprint density at radius 1 is 1.18 bits per heavy atom. The number of nitro benzene ring substituents is 1. The Kier molecular flexibility index (Phi) is 5.21. The molecular weight excluding hydrogens is 382 g/mol. The van der Waals surface area contributed by atoms with Crippen molar-refractivity contribution in [1.29, 1.82) is 0 Å². The van der Waals surface area contributed by atoms with E-state index in [4.69, 9.17) is 0 Å². The Morgan fingerprint density at radius 2 is 1.86 bits per heavy atom. The number of halogens is 4. The van der Waals surface area contributed by atoms with Crippen molar-refractivity contribution >= 4 is 17.3 Å². The lowest BCUT2D eigenvalue weighted by Crippen LogP contribution is -2.33. The summed E-state index contributed by atoms with van der Waals surface area (Å²) in [5.74, 6) is -0.703. The molecule has 148 valence electrons. The van der Waals surface area contributed by atoms with Crippen LogP contribution in [-0.2, 0) is 17.5 Å². The van der Waals surface area contributed by atoms with Crippen molar-refractivity contribution in [3.05, 3.63) is 69.5 Å². The second kappa shape index (κ2) is 7.45. The molecule has 0 radical (unpaired) electrons. The van der Waals surface area contributed by atoms with Gasteiger partial charge in [-0.2, -0.15) is 13.2 Å². The van der Waals surface area contributed by atoms with Crippen LogP contribution in [0.5, 0.6) is 0 Å². The maximum Gasteiger partial charge on any atom is 0.423 e. The summed E-state index contributed by atoms with van der Waals surface area (Å²) in [5, 5.41) is 13.5. The van der Waals surface area contributed by atoms with Gasteiger partial charge in [-0.05, 0) is 36.2 Å². The lowest BCUT2D eigenvalue weighted by atomic mass is 10.1. The minimum Gasteiger partial charge on any atom is -0.374 e. The first-order chi connectivity index (χ1) is 13.1. The number of nitrogens with zero attached hydrogens (tertiary/aromatic N) is 2. The van der Waals surface area contributed by atoms with Crippen LogP contribution in [0, 0.1) is 15.9 Å². The van der Waals surface area contributed by atoms with Gasteiger partial charge in [-0.1, -0.05) is 12.1 Å². The van der Waals surface area contributed by atoms with Crippen molar-refractivity contribution in [3.63, 3.8) is 0 Å². The molecule has 1 saturated heterocycles. The minimum absolute atomic E-state index is 0.0279. The van der Waals surface area contributed by atoms with E-state index in [1.54, 1.807) is 12.1 Å². The second-order valence-corrected chi connectivity index (χ2v) is 6.36. The van der Waals surface area contributed by atoms with Crippen molar-refractivity contribution in [1.82, 2.24) is 4.90 Å². The SMILES string of the molecule is O=C1C(Nc2ccc([N+](=O)[O-])c(C(F)(F)F)c2)CCN1Cc1ccc(F)cc1. The fourth-order valence-electron chi connectivity index (χ4n) is 3.05. The Hall–Kier alpha value is -3.17. The van der Waals surface area contributed by atoms with Gasteiger partial charge < -0.3 is 10.2 Å². The van der Waals surface area contributed by atoms with Gasteiger partial charge in [0.2, 0.25) is 5.91 Å². The van der Waals surface area contributed by atoms with E-state index >= 15 is 0 Å². The van der Waals surface area contributed by atoms with Gasteiger partial charge in [-0.15, -0.1) is 0 Å². The van der Waals surface area contributed by atoms with Gasteiger partial charge in [-0.3, -0.25) is 14.9 Å². The molecule has 0 bridgehead atoms. The zero-order valence-corrected chi connectivity index (χ0v) is 14.4. The molecule has 1 aliphatic rings. The van der Waals surface area contributed by atoms with Gasteiger partial charge in [-0.25, -0.2) is 4.39 Å². The molecule has 10 heteroatoms. The maximum absolute atomic E-state index is 13.1. The summed E-state index contributed by atoms with van der Waals surface area (Å²) in [4.78, 5) is 23.7. The highest BCUT2D eigenvalue weighted by Crippen LogP contribution is 2.37. The molecule has 0 aliphatic carbocycles. The summed E-state index contributed by atoms with van der Waals surface area (Å²) in [5.41, 5.74) is -1.73. The van der Waals surface area contributed by atoms with Crippen LogP contribution in [0.25, 0.3) is 0 Å². The van der Waals surface area contributed by atoms with Gasteiger partial charge in [0.1, 0.15) is 17.4 Å². The monoisotopic (exact) mass is 397 g/mol. The first kappa shape index (κ1) is 19.6. The molecule has 0 spiro atoms. The molecule has 1 atom stereocenters. The van der Waals surface area contributed by atoms with Gasteiger partial charge >= 0.3 is 6.18 Å². The van der Waals surface area contributed by atoms with E-state index in [0.717, 1.165) is 17.7 Å². The smallest absolute Gasteiger partial charge is 0.374 e. The van der Waals surface area contributed by atoms with Crippen LogP contribution in [-0.4, -0.2) is 28.3 Å².